The van der Waals surface area contributed by atoms with Crippen LogP contribution in [0.4, 0.5) is 0 Å². The van der Waals surface area contributed by atoms with Crippen LogP contribution in [0.5, 0.6) is 0 Å². The number of nitrogens with one attached hydrogen (secondary N) is 1. The molecular weight excluding hydrogens is 220 g/mol. The Labute approximate surface area is 116 Å². The molecule has 0 aliphatic carbocycles. The van der Waals surface area contributed by atoms with E-state index in [9.17, 15) is 0 Å². The maximum absolute atomic E-state index is 3.61. The van der Waals surface area contributed by atoms with Crippen LogP contribution in [0.2, 0.25) is 0 Å². The van der Waals surface area contributed by atoms with E-state index < -0.39 is 0 Å². The van der Waals surface area contributed by atoms with Crippen molar-refractivity contribution >= 4 is 0 Å². The second-order valence-electron chi connectivity index (χ2n) is 6.18. The van der Waals surface area contributed by atoms with Gasteiger partial charge in [-0.15, -0.1) is 0 Å². The summed E-state index contributed by atoms with van der Waals surface area (Å²) < 4.78 is 0. The molecule has 2 nitrogen and oxygen atoms in total. The van der Waals surface area contributed by atoms with Gasteiger partial charge in [0.2, 0.25) is 0 Å². The Morgan fingerprint density at radius 2 is 1.72 bits per heavy atom. The van der Waals surface area contributed by atoms with Gasteiger partial charge in [-0.2, -0.15) is 0 Å². The highest BCUT2D eigenvalue weighted by atomic mass is 15.1. The minimum atomic E-state index is 0.435. The number of rotatable bonds is 12. The summed E-state index contributed by atoms with van der Waals surface area (Å²) in [6.07, 6.45) is 7.86. The molecule has 1 unspecified atom stereocenters. The van der Waals surface area contributed by atoms with Gasteiger partial charge in [0.25, 0.3) is 0 Å². The first-order valence-electron chi connectivity index (χ1n) is 7.97. The average Bonchev–Trinajstić information content (AvgIpc) is 2.29. The molecule has 2 heteroatoms. The van der Waals surface area contributed by atoms with Gasteiger partial charge in [-0.3, -0.25) is 0 Å². The number of unbranched alkanes of at least 4 members (excludes halogenated alkanes) is 2. The molecule has 0 bridgehead atoms. The highest BCUT2D eigenvalue weighted by Gasteiger charge is 2.24. The highest BCUT2D eigenvalue weighted by molar-refractivity contribution is 4.79. The summed E-state index contributed by atoms with van der Waals surface area (Å²) in [5, 5.41) is 3.61. The number of hydrogen-bond acceptors (Lipinski definition) is 2. The summed E-state index contributed by atoms with van der Waals surface area (Å²) in [7, 11) is 2.28. The molecule has 0 spiro atoms. The van der Waals surface area contributed by atoms with Gasteiger partial charge >= 0.3 is 0 Å². The first-order valence-corrected chi connectivity index (χ1v) is 7.97. The molecule has 1 atom stereocenters. The van der Waals surface area contributed by atoms with Gasteiger partial charge in [-0.05, 0) is 44.8 Å². The number of nitrogens with zero attached hydrogens (tertiary/aromatic N) is 1. The summed E-state index contributed by atoms with van der Waals surface area (Å²) in [6.45, 7) is 14.0. The molecule has 0 fully saturated rings. The molecule has 110 valence electrons. The van der Waals surface area contributed by atoms with Gasteiger partial charge in [0.05, 0.1) is 0 Å². The zero-order chi connectivity index (χ0) is 13.9. The molecule has 0 amide bonds. The second kappa shape index (κ2) is 10.8. The molecule has 0 aromatic carbocycles. The maximum atomic E-state index is 3.61. The van der Waals surface area contributed by atoms with Crippen LogP contribution in [0, 0.1) is 5.41 Å². The summed E-state index contributed by atoms with van der Waals surface area (Å²) in [4.78, 5) is 2.53. The zero-order valence-electron chi connectivity index (χ0n) is 13.5. The molecule has 0 heterocycles. The van der Waals surface area contributed by atoms with Crippen molar-refractivity contribution in [2.75, 3.05) is 33.2 Å². The van der Waals surface area contributed by atoms with Gasteiger partial charge in [-0.1, -0.05) is 47.0 Å². The molecule has 0 aromatic rings. The van der Waals surface area contributed by atoms with E-state index in [1.807, 2.05) is 0 Å². The average molecular weight is 256 g/mol. The molecule has 0 saturated heterocycles. The standard InChI is InChI=1S/C16H36N2/c1-6-9-10-13-18(5)15-16(4,11-7-2)14-17-12-8-3/h17H,6-15H2,1-5H3. The molecule has 0 aliphatic heterocycles. The van der Waals surface area contributed by atoms with E-state index in [1.165, 1.54) is 51.6 Å². The van der Waals surface area contributed by atoms with E-state index in [0.717, 1.165) is 13.1 Å². The van der Waals surface area contributed by atoms with Crippen LogP contribution in [0.15, 0.2) is 0 Å². The third kappa shape index (κ3) is 8.93. The fourth-order valence-electron chi connectivity index (χ4n) is 2.76. The van der Waals surface area contributed by atoms with Crippen molar-refractivity contribution in [3.05, 3.63) is 0 Å². The smallest absolute Gasteiger partial charge is 0.00444 e. The van der Waals surface area contributed by atoms with Crippen LogP contribution in [0.3, 0.4) is 0 Å². The third-order valence-corrected chi connectivity index (χ3v) is 3.63. The van der Waals surface area contributed by atoms with E-state index in [0.29, 0.717) is 5.41 Å². The van der Waals surface area contributed by atoms with Gasteiger partial charge in [0.1, 0.15) is 0 Å². The van der Waals surface area contributed by atoms with Gasteiger partial charge in [-0.25, -0.2) is 0 Å². The van der Waals surface area contributed by atoms with Gasteiger partial charge < -0.3 is 10.2 Å². The summed E-state index contributed by atoms with van der Waals surface area (Å²) >= 11 is 0. The van der Waals surface area contributed by atoms with E-state index in [4.69, 9.17) is 0 Å². The molecule has 0 aromatic heterocycles. The Kier molecular flexibility index (Phi) is 10.8. The predicted molar refractivity (Wildman–Crippen MR) is 83.2 cm³/mol. The first kappa shape index (κ1) is 17.9. The fourth-order valence-corrected chi connectivity index (χ4v) is 2.76. The summed E-state index contributed by atoms with van der Waals surface area (Å²) in [5.74, 6) is 0. The lowest BCUT2D eigenvalue weighted by Gasteiger charge is -2.34. The molecular formula is C16H36N2. The first-order chi connectivity index (χ1) is 8.58. The highest BCUT2D eigenvalue weighted by Crippen LogP contribution is 2.23. The van der Waals surface area contributed by atoms with Crippen molar-refractivity contribution in [1.29, 1.82) is 0 Å². The third-order valence-electron chi connectivity index (χ3n) is 3.63. The second-order valence-corrected chi connectivity index (χ2v) is 6.18. The zero-order valence-corrected chi connectivity index (χ0v) is 13.5. The van der Waals surface area contributed by atoms with Crippen molar-refractivity contribution < 1.29 is 0 Å². The van der Waals surface area contributed by atoms with Crippen molar-refractivity contribution in [2.45, 2.75) is 66.2 Å². The molecule has 18 heavy (non-hydrogen) atoms. The monoisotopic (exact) mass is 256 g/mol. The van der Waals surface area contributed by atoms with Gasteiger partial charge in [0.15, 0.2) is 0 Å². The van der Waals surface area contributed by atoms with Crippen LogP contribution in [0.1, 0.15) is 66.2 Å². The van der Waals surface area contributed by atoms with Crippen molar-refractivity contribution in [1.82, 2.24) is 10.2 Å². The Bertz CT molecular complexity index is 182. The molecule has 0 aliphatic rings. The van der Waals surface area contributed by atoms with Crippen LogP contribution in [-0.2, 0) is 0 Å². The Hall–Kier alpha value is -0.0800. The normalized spacial score (nSPS) is 15.0. The Morgan fingerprint density at radius 1 is 1.00 bits per heavy atom. The van der Waals surface area contributed by atoms with Crippen molar-refractivity contribution in [2.24, 2.45) is 5.41 Å². The van der Waals surface area contributed by atoms with Crippen LogP contribution < -0.4 is 5.32 Å². The predicted octanol–water partition coefficient (Wildman–Crippen LogP) is 3.91. The van der Waals surface area contributed by atoms with Crippen LogP contribution in [-0.4, -0.2) is 38.1 Å². The molecule has 0 rings (SSSR count). The summed E-state index contributed by atoms with van der Waals surface area (Å²) in [6, 6.07) is 0. The molecule has 0 saturated carbocycles. The minimum absolute atomic E-state index is 0.435. The summed E-state index contributed by atoms with van der Waals surface area (Å²) in [5.41, 5.74) is 0.435. The van der Waals surface area contributed by atoms with E-state index in [1.54, 1.807) is 0 Å². The quantitative estimate of drug-likeness (QED) is 0.533. The fraction of sp³-hybridized carbons (Fsp3) is 1.00. The maximum Gasteiger partial charge on any atom is 0.00444 e. The number of hydrogen-bond donors (Lipinski definition) is 1. The van der Waals surface area contributed by atoms with E-state index in [-0.39, 0.29) is 0 Å². The van der Waals surface area contributed by atoms with Gasteiger partial charge in [0, 0.05) is 13.1 Å². The Balaban J connectivity index is 4.05. The van der Waals surface area contributed by atoms with E-state index >= 15 is 0 Å². The topological polar surface area (TPSA) is 15.3 Å². The van der Waals surface area contributed by atoms with Crippen LogP contribution in [0.25, 0.3) is 0 Å². The molecule has 1 N–H and O–H groups in total. The molecule has 0 radical (unpaired) electrons. The minimum Gasteiger partial charge on any atom is -0.316 e. The lowest BCUT2D eigenvalue weighted by Crippen LogP contribution is -2.41. The lowest BCUT2D eigenvalue weighted by molar-refractivity contribution is 0.171. The van der Waals surface area contributed by atoms with Crippen molar-refractivity contribution in [3.8, 4) is 0 Å². The largest absolute Gasteiger partial charge is 0.316 e. The van der Waals surface area contributed by atoms with E-state index in [2.05, 4.69) is 45.0 Å². The SMILES string of the molecule is CCCCCN(C)CC(C)(CCC)CNCCC. The lowest BCUT2D eigenvalue weighted by atomic mass is 9.84. The van der Waals surface area contributed by atoms with Crippen molar-refractivity contribution in [3.63, 3.8) is 0 Å². The van der Waals surface area contributed by atoms with Crippen LogP contribution >= 0.6 is 0 Å². The Morgan fingerprint density at radius 3 is 2.28 bits per heavy atom.